The predicted molar refractivity (Wildman–Crippen MR) is 165 cm³/mol. The predicted octanol–water partition coefficient (Wildman–Crippen LogP) is 8.42. The quantitative estimate of drug-likeness (QED) is 0.200. The van der Waals surface area contributed by atoms with E-state index in [2.05, 4.69) is 91.0 Å². The fourth-order valence-electron chi connectivity index (χ4n) is 6.18. The largest absolute Gasteiger partial charge is 0.285 e. The molecule has 0 bridgehead atoms. The van der Waals surface area contributed by atoms with Crippen LogP contribution in [0.3, 0.4) is 0 Å². The Bertz CT molecular complexity index is 1770. The second kappa shape index (κ2) is 11.2. The fourth-order valence-corrected chi connectivity index (χ4v) is 6.80. The zero-order valence-electron chi connectivity index (χ0n) is 22.3. The molecule has 0 heterocycles. The minimum absolute atomic E-state index is 0.197. The van der Waals surface area contributed by atoms with Gasteiger partial charge >= 0.3 is 0 Å². The Hall–Kier alpha value is -3.99. The Morgan fingerprint density at radius 2 is 1.35 bits per heavy atom. The van der Waals surface area contributed by atoms with E-state index in [9.17, 15) is 13.0 Å². The summed E-state index contributed by atoms with van der Waals surface area (Å²) < 4.78 is 32.2. The standard InChI is InChI=1S/C36H32O3S/c37-40(38,39)25-27-19-21-28(22-20-27)30(23-26-11-3-1-4-12-26)24-35-31-15-7-9-17-33(31)36(29-13-5-2-6-14-29)34-18-10-8-16-32(34)35/h1-7,9-15,17-22,30H,8,16,23-25H2,(H,37,38,39). The zero-order valence-corrected chi connectivity index (χ0v) is 23.1. The minimum Gasteiger partial charge on any atom is -0.285 e. The summed E-state index contributed by atoms with van der Waals surface area (Å²) in [5, 5.41) is 2.58. The van der Waals surface area contributed by atoms with Crippen molar-refractivity contribution in [1.82, 2.24) is 0 Å². The van der Waals surface area contributed by atoms with E-state index in [1.54, 1.807) is 0 Å². The van der Waals surface area contributed by atoms with Crippen molar-refractivity contribution in [3.8, 4) is 11.1 Å². The average molecular weight is 545 g/mol. The molecule has 1 N–H and O–H groups in total. The molecule has 1 aliphatic carbocycles. The molecule has 4 heteroatoms. The van der Waals surface area contributed by atoms with E-state index >= 15 is 0 Å². The van der Waals surface area contributed by atoms with Gasteiger partial charge in [0.15, 0.2) is 0 Å². The summed E-state index contributed by atoms with van der Waals surface area (Å²) in [6.45, 7) is 0. The van der Waals surface area contributed by atoms with E-state index in [4.69, 9.17) is 0 Å². The van der Waals surface area contributed by atoms with Gasteiger partial charge in [-0.25, -0.2) is 0 Å². The van der Waals surface area contributed by atoms with Crippen molar-refractivity contribution in [2.24, 2.45) is 0 Å². The van der Waals surface area contributed by atoms with Gasteiger partial charge in [-0.2, -0.15) is 8.42 Å². The molecule has 6 rings (SSSR count). The van der Waals surface area contributed by atoms with Crippen LogP contribution >= 0.6 is 0 Å². The average Bonchev–Trinajstić information content (AvgIpc) is 2.97. The van der Waals surface area contributed by atoms with Crippen LogP contribution in [0.1, 0.15) is 45.7 Å². The minimum atomic E-state index is -4.08. The van der Waals surface area contributed by atoms with Crippen molar-refractivity contribution in [1.29, 1.82) is 0 Å². The SMILES string of the molecule is O=S(=O)(O)Cc1ccc(C(Cc2ccccc2)Cc2c3c(c(-c4ccccc4)c4ccccc24)C=CCC3)cc1. The lowest BCUT2D eigenvalue weighted by molar-refractivity contribution is 0.482. The second-order valence-electron chi connectivity index (χ2n) is 10.7. The van der Waals surface area contributed by atoms with Crippen molar-refractivity contribution in [3.63, 3.8) is 0 Å². The van der Waals surface area contributed by atoms with Crippen LogP contribution in [0.5, 0.6) is 0 Å². The lowest BCUT2D eigenvalue weighted by atomic mass is 9.78. The first-order chi connectivity index (χ1) is 19.5. The van der Waals surface area contributed by atoms with E-state index in [1.807, 2.05) is 30.3 Å². The molecule has 1 aliphatic rings. The molecule has 0 fully saturated rings. The zero-order chi connectivity index (χ0) is 27.5. The molecule has 0 radical (unpaired) electrons. The number of fused-ring (bicyclic) bond motifs is 2. The molecule has 1 unspecified atom stereocenters. The topological polar surface area (TPSA) is 54.4 Å². The third kappa shape index (κ3) is 5.65. The number of hydrogen-bond donors (Lipinski definition) is 1. The van der Waals surface area contributed by atoms with Crippen molar-refractivity contribution in [2.75, 3.05) is 0 Å². The maximum Gasteiger partial charge on any atom is 0.269 e. The number of allylic oxidation sites excluding steroid dienone is 1. The van der Waals surface area contributed by atoms with Gasteiger partial charge in [-0.1, -0.05) is 121 Å². The van der Waals surface area contributed by atoms with Gasteiger partial charge in [0.2, 0.25) is 0 Å². The summed E-state index contributed by atoms with van der Waals surface area (Å²) in [6, 6.07) is 37.8. The molecule has 1 atom stereocenters. The van der Waals surface area contributed by atoms with Gasteiger partial charge in [0.1, 0.15) is 5.75 Å². The van der Waals surface area contributed by atoms with Crippen molar-refractivity contribution >= 4 is 27.0 Å². The van der Waals surface area contributed by atoms with Crippen LogP contribution in [-0.2, 0) is 35.1 Å². The first-order valence-corrected chi connectivity index (χ1v) is 15.4. The van der Waals surface area contributed by atoms with Crippen LogP contribution in [0, 0.1) is 0 Å². The van der Waals surface area contributed by atoms with Gasteiger partial charge < -0.3 is 0 Å². The fraction of sp³-hybridized carbons (Fsp3) is 0.167. The summed E-state index contributed by atoms with van der Waals surface area (Å²) in [5.41, 5.74) is 9.73. The van der Waals surface area contributed by atoms with Crippen LogP contribution in [0.25, 0.3) is 28.0 Å². The molecule has 200 valence electrons. The summed E-state index contributed by atoms with van der Waals surface area (Å²) in [7, 11) is -4.08. The highest BCUT2D eigenvalue weighted by Crippen LogP contribution is 2.42. The van der Waals surface area contributed by atoms with Gasteiger partial charge in [-0.05, 0) is 86.9 Å². The summed E-state index contributed by atoms with van der Waals surface area (Å²) in [5.74, 6) is -0.176. The van der Waals surface area contributed by atoms with Crippen LogP contribution in [0.15, 0.2) is 115 Å². The highest BCUT2D eigenvalue weighted by Gasteiger charge is 2.23. The third-order valence-corrected chi connectivity index (χ3v) is 8.66. The van der Waals surface area contributed by atoms with Crippen LogP contribution in [-0.4, -0.2) is 13.0 Å². The lowest BCUT2D eigenvalue weighted by Crippen LogP contribution is -2.12. The lowest BCUT2D eigenvalue weighted by Gasteiger charge is -2.26. The molecule has 5 aromatic rings. The van der Waals surface area contributed by atoms with Gasteiger partial charge in [0.25, 0.3) is 10.1 Å². The molecule has 0 aromatic heterocycles. The van der Waals surface area contributed by atoms with E-state index in [0.29, 0.717) is 5.56 Å². The van der Waals surface area contributed by atoms with Gasteiger partial charge in [0.05, 0.1) is 0 Å². The van der Waals surface area contributed by atoms with E-state index < -0.39 is 10.1 Å². The first-order valence-electron chi connectivity index (χ1n) is 13.8. The molecule has 0 saturated carbocycles. The van der Waals surface area contributed by atoms with Crippen molar-refractivity contribution in [3.05, 3.63) is 149 Å². The molecular formula is C36H32O3S. The van der Waals surface area contributed by atoms with Gasteiger partial charge in [-0.3, -0.25) is 4.55 Å². The summed E-state index contributed by atoms with van der Waals surface area (Å²) >= 11 is 0. The molecule has 3 nitrogen and oxygen atoms in total. The van der Waals surface area contributed by atoms with Crippen molar-refractivity contribution in [2.45, 2.75) is 37.4 Å². The normalized spacial score (nSPS) is 13.7. The van der Waals surface area contributed by atoms with Gasteiger partial charge in [0, 0.05) is 0 Å². The smallest absolute Gasteiger partial charge is 0.269 e. The number of rotatable bonds is 8. The van der Waals surface area contributed by atoms with Crippen LogP contribution < -0.4 is 0 Å². The highest BCUT2D eigenvalue weighted by molar-refractivity contribution is 7.85. The highest BCUT2D eigenvalue weighted by atomic mass is 32.2. The summed E-state index contributed by atoms with van der Waals surface area (Å²) in [4.78, 5) is 0. The van der Waals surface area contributed by atoms with E-state index in [-0.39, 0.29) is 11.7 Å². The van der Waals surface area contributed by atoms with Crippen LogP contribution in [0.4, 0.5) is 0 Å². The molecule has 5 aromatic carbocycles. The van der Waals surface area contributed by atoms with Crippen molar-refractivity contribution < 1.29 is 13.0 Å². The van der Waals surface area contributed by atoms with E-state index in [0.717, 1.165) is 25.7 Å². The number of hydrogen-bond acceptors (Lipinski definition) is 2. The Kier molecular flexibility index (Phi) is 7.38. The summed E-state index contributed by atoms with van der Waals surface area (Å²) in [6.07, 6.45) is 8.39. The maximum absolute atomic E-state index is 11.4. The van der Waals surface area contributed by atoms with E-state index in [1.165, 1.54) is 49.7 Å². The number of benzene rings is 5. The maximum atomic E-state index is 11.4. The molecule has 0 spiro atoms. The molecular weight excluding hydrogens is 512 g/mol. The Balaban J connectivity index is 1.49. The molecule has 40 heavy (non-hydrogen) atoms. The Labute approximate surface area is 236 Å². The molecule has 0 amide bonds. The van der Waals surface area contributed by atoms with Crippen LogP contribution in [0.2, 0.25) is 0 Å². The third-order valence-electron chi connectivity index (χ3n) is 7.96. The Morgan fingerprint density at radius 1 is 0.700 bits per heavy atom. The molecule has 0 saturated heterocycles. The monoisotopic (exact) mass is 544 g/mol. The molecule has 0 aliphatic heterocycles. The van der Waals surface area contributed by atoms with Gasteiger partial charge in [-0.15, -0.1) is 0 Å². The first kappa shape index (κ1) is 26.2. The Morgan fingerprint density at radius 3 is 2.05 bits per heavy atom. The second-order valence-corrected chi connectivity index (χ2v) is 12.1.